The van der Waals surface area contributed by atoms with Gasteiger partial charge in [0, 0.05) is 18.5 Å². The first-order valence-electron chi connectivity index (χ1n) is 11.4. The largest absolute Gasteiger partial charge is 0.480 e. The Morgan fingerprint density at radius 1 is 1.09 bits per heavy atom. The van der Waals surface area contributed by atoms with Crippen LogP contribution in [0.5, 0.6) is 0 Å². The Labute approximate surface area is 193 Å². The van der Waals surface area contributed by atoms with Crippen molar-refractivity contribution in [3.8, 4) is 11.1 Å². The molecule has 1 saturated heterocycles. The van der Waals surface area contributed by atoms with Crippen molar-refractivity contribution in [3.05, 3.63) is 59.7 Å². The molecule has 7 heteroatoms. The number of benzene rings is 2. The number of ether oxygens (including phenoxy) is 1. The number of nitrogens with one attached hydrogen (secondary N) is 1. The van der Waals surface area contributed by atoms with Crippen molar-refractivity contribution in [3.63, 3.8) is 0 Å². The molecule has 2 N–H and O–H groups in total. The van der Waals surface area contributed by atoms with Gasteiger partial charge in [-0.05, 0) is 48.9 Å². The first-order chi connectivity index (χ1) is 15.7. The molecule has 1 aliphatic heterocycles. The van der Waals surface area contributed by atoms with Gasteiger partial charge in [0.25, 0.3) is 0 Å². The quantitative estimate of drug-likeness (QED) is 0.693. The van der Waals surface area contributed by atoms with Crippen LogP contribution in [0.15, 0.2) is 48.5 Å². The number of carboxylic acid groups (broad SMARTS) is 1. The summed E-state index contributed by atoms with van der Waals surface area (Å²) in [6, 6.07) is 15.7. The standard InChI is InChI=1S/C26H30N2O5/c1-16(23(29)28-14-8-13-26(28,3)24(30)31)17(2)27-25(32)33-15-22-20-11-6-4-9-18(20)19-10-5-7-12-21(19)22/h4-7,9-12,16-17,22H,8,13-15H2,1-3H3,(H,27,32)(H,30,31)/t16?,17?,26-/m1/s1. The molecule has 7 nitrogen and oxygen atoms in total. The SMILES string of the molecule is CC(NC(=O)OCC1c2ccccc2-c2ccccc21)C(C)C(=O)N1CCC[C@]1(C)C(=O)O. The van der Waals surface area contributed by atoms with E-state index in [4.69, 9.17) is 4.74 Å². The van der Waals surface area contributed by atoms with Gasteiger partial charge in [-0.15, -0.1) is 0 Å². The van der Waals surface area contributed by atoms with Gasteiger partial charge in [-0.25, -0.2) is 9.59 Å². The van der Waals surface area contributed by atoms with Gasteiger partial charge in [-0.1, -0.05) is 55.5 Å². The highest BCUT2D eigenvalue weighted by Crippen LogP contribution is 2.44. The maximum atomic E-state index is 13.0. The smallest absolute Gasteiger partial charge is 0.407 e. The zero-order chi connectivity index (χ0) is 23.8. The molecule has 3 atom stereocenters. The molecule has 174 valence electrons. The monoisotopic (exact) mass is 450 g/mol. The molecule has 1 aliphatic carbocycles. The Hall–Kier alpha value is -3.35. The van der Waals surface area contributed by atoms with E-state index in [-0.39, 0.29) is 18.4 Å². The summed E-state index contributed by atoms with van der Waals surface area (Å²) in [6.45, 7) is 5.62. The van der Waals surface area contributed by atoms with E-state index in [1.54, 1.807) is 20.8 Å². The summed E-state index contributed by atoms with van der Waals surface area (Å²) >= 11 is 0. The van der Waals surface area contributed by atoms with Gasteiger partial charge in [0.1, 0.15) is 12.1 Å². The lowest BCUT2D eigenvalue weighted by Crippen LogP contribution is -2.54. The highest BCUT2D eigenvalue weighted by molar-refractivity contribution is 5.89. The van der Waals surface area contributed by atoms with E-state index in [9.17, 15) is 19.5 Å². The summed E-state index contributed by atoms with van der Waals surface area (Å²) in [6.07, 6.45) is 0.483. The molecule has 0 saturated carbocycles. The average molecular weight is 451 g/mol. The number of hydrogen-bond donors (Lipinski definition) is 2. The minimum Gasteiger partial charge on any atom is -0.480 e. The molecule has 2 aliphatic rings. The molecule has 1 heterocycles. The number of carboxylic acids is 1. The normalized spacial score (nSPS) is 21.1. The van der Waals surface area contributed by atoms with Gasteiger partial charge in [0.2, 0.25) is 5.91 Å². The first-order valence-corrected chi connectivity index (χ1v) is 11.4. The molecule has 0 bridgehead atoms. The fourth-order valence-electron chi connectivity index (χ4n) is 4.95. The van der Waals surface area contributed by atoms with Crippen molar-refractivity contribution >= 4 is 18.0 Å². The van der Waals surface area contributed by atoms with Gasteiger partial charge in [0.05, 0.1) is 5.92 Å². The van der Waals surface area contributed by atoms with E-state index in [0.717, 1.165) is 22.3 Å². The Morgan fingerprint density at radius 3 is 2.24 bits per heavy atom. The number of alkyl carbamates (subject to hydrolysis) is 1. The Bertz CT molecular complexity index is 1040. The van der Waals surface area contributed by atoms with E-state index in [1.807, 2.05) is 24.3 Å². The Morgan fingerprint density at radius 2 is 1.67 bits per heavy atom. The third-order valence-corrected chi connectivity index (χ3v) is 7.20. The molecule has 0 radical (unpaired) electrons. The molecule has 2 aromatic carbocycles. The van der Waals surface area contributed by atoms with E-state index in [2.05, 4.69) is 29.6 Å². The van der Waals surface area contributed by atoms with Crippen LogP contribution >= 0.6 is 0 Å². The van der Waals surface area contributed by atoms with Crippen molar-refractivity contribution < 1.29 is 24.2 Å². The number of nitrogens with zero attached hydrogens (tertiary/aromatic N) is 1. The maximum Gasteiger partial charge on any atom is 0.407 e. The van der Waals surface area contributed by atoms with Gasteiger partial charge < -0.3 is 20.1 Å². The summed E-state index contributed by atoms with van der Waals surface area (Å²) in [5.41, 5.74) is 3.37. The van der Waals surface area contributed by atoms with E-state index in [0.29, 0.717) is 19.4 Å². The number of rotatable bonds is 6. The van der Waals surface area contributed by atoms with Crippen LogP contribution < -0.4 is 5.32 Å². The van der Waals surface area contributed by atoms with Crippen molar-refractivity contribution in [1.82, 2.24) is 10.2 Å². The van der Waals surface area contributed by atoms with Crippen LogP contribution in [0.3, 0.4) is 0 Å². The number of likely N-dealkylation sites (tertiary alicyclic amines) is 1. The fraction of sp³-hybridized carbons (Fsp3) is 0.423. The van der Waals surface area contributed by atoms with E-state index < -0.39 is 29.6 Å². The predicted molar refractivity (Wildman–Crippen MR) is 124 cm³/mol. The van der Waals surface area contributed by atoms with Crippen LogP contribution in [0.1, 0.15) is 50.7 Å². The molecule has 2 amide bonds. The second-order valence-corrected chi connectivity index (χ2v) is 9.22. The lowest BCUT2D eigenvalue weighted by molar-refractivity contribution is -0.157. The summed E-state index contributed by atoms with van der Waals surface area (Å²) in [4.78, 5) is 38.7. The number of aliphatic carboxylic acids is 1. The molecule has 4 rings (SSSR count). The minimum atomic E-state index is -1.20. The van der Waals surface area contributed by atoms with Gasteiger partial charge in [-0.2, -0.15) is 0 Å². The van der Waals surface area contributed by atoms with Crippen molar-refractivity contribution in [2.24, 2.45) is 5.92 Å². The summed E-state index contributed by atoms with van der Waals surface area (Å²) < 4.78 is 5.58. The van der Waals surface area contributed by atoms with E-state index >= 15 is 0 Å². The van der Waals surface area contributed by atoms with Crippen molar-refractivity contribution in [2.75, 3.05) is 13.2 Å². The lowest BCUT2D eigenvalue weighted by Gasteiger charge is -2.34. The lowest BCUT2D eigenvalue weighted by atomic mass is 9.95. The molecular formula is C26H30N2O5. The second kappa shape index (κ2) is 8.89. The van der Waals surface area contributed by atoms with Crippen LogP contribution in [0, 0.1) is 5.92 Å². The number of carbonyl (C=O) groups is 3. The fourth-order valence-corrected chi connectivity index (χ4v) is 4.95. The zero-order valence-electron chi connectivity index (χ0n) is 19.2. The summed E-state index contributed by atoms with van der Waals surface area (Å²) in [7, 11) is 0. The molecule has 0 aromatic heterocycles. The third-order valence-electron chi connectivity index (χ3n) is 7.20. The highest BCUT2D eigenvalue weighted by atomic mass is 16.5. The van der Waals surface area contributed by atoms with Crippen molar-refractivity contribution in [2.45, 2.75) is 51.1 Å². The number of amides is 2. The van der Waals surface area contributed by atoms with Gasteiger partial charge in [-0.3, -0.25) is 4.79 Å². The molecule has 0 spiro atoms. The topological polar surface area (TPSA) is 95.9 Å². The van der Waals surface area contributed by atoms with E-state index in [1.165, 1.54) is 4.90 Å². The van der Waals surface area contributed by atoms with Crippen LogP contribution in [-0.2, 0) is 14.3 Å². The summed E-state index contributed by atoms with van der Waals surface area (Å²) in [5, 5.41) is 12.3. The number of fused-ring (bicyclic) bond motifs is 3. The Balaban J connectivity index is 1.37. The summed E-state index contributed by atoms with van der Waals surface area (Å²) in [5.74, 6) is -1.90. The minimum absolute atomic E-state index is 0.0432. The van der Waals surface area contributed by atoms with Crippen LogP contribution in [0.2, 0.25) is 0 Å². The molecule has 33 heavy (non-hydrogen) atoms. The Kier molecular flexibility index (Phi) is 6.15. The zero-order valence-corrected chi connectivity index (χ0v) is 19.2. The molecule has 2 unspecified atom stereocenters. The number of carbonyl (C=O) groups excluding carboxylic acids is 2. The molecule has 1 fully saturated rings. The average Bonchev–Trinajstić information content (AvgIpc) is 3.36. The number of hydrogen-bond acceptors (Lipinski definition) is 4. The highest BCUT2D eigenvalue weighted by Gasteiger charge is 2.47. The van der Waals surface area contributed by atoms with Crippen LogP contribution in [-0.4, -0.2) is 52.7 Å². The van der Waals surface area contributed by atoms with Gasteiger partial charge in [0.15, 0.2) is 0 Å². The third kappa shape index (κ3) is 4.08. The molecular weight excluding hydrogens is 420 g/mol. The van der Waals surface area contributed by atoms with Crippen LogP contribution in [0.25, 0.3) is 11.1 Å². The molecule has 2 aromatic rings. The predicted octanol–water partition coefficient (Wildman–Crippen LogP) is 4.02. The first kappa shape index (κ1) is 22.8. The maximum absolute atomic E-state index is 13.0. The van der Waals surface area contributed by atoms with Gasteiger partial charge >= 0.3 is 12.1 Å². The van der Waals surface area contributed by atoms with Crippen LogP contribution in [0.4, 0.5) is 4.79 Å². The second-order valence-electron chi connectivity index (χ2n) is 9.22. The van der Waals surface area contributed by atoms with Crippen molar-refractivity contribution in [1.29, 1.82) is 0 Å².